The second kappa shape index (κ2) is 6.77. The molecule has 2 unspecified atom stereocenters. The van der Waals surface area contributed by atoms with Crippen LogP contribution in [0.5, 0.6) is 0 Å². The van der Waals surface area contributed by atoms with E-state index in [4.69, 9.17) is 4.74 Å². The number of carbonyl (C=O) groups is 1. The lowest BCUT2D eigenvalue weighted by molar-refractivity contribution is 0.0905. The van der Waals surface area contributed by atoms with Gasteiger partial charge in [0.15, 0.2) is 0 Å². The van der Waals surface area contributed by atoms with Gasteiger partial charge in [0.05, 0.1) is 12.6 Å². The zero-order valence-electron chi connectivity index (χ0n) is 12.5. The van der Waals surface area contributed by atoms with E-state index in [1.807, 2.05) is 30.3 Å². The summed E-state index contributed by atoms with van der Waals surface area (Å²) in [4.78, 5) is 13.6. The van der Waals surface area contributed by atoms with Crippen molar-refractivity contribution in [2.45, 2.75) is 25.2 Å². The number of ether oxygens (including phenoxy) is 1. The Labute approximate surface area is 133 Å². The van der Waals surface area contributed by atoms with Gasteiger partial charge < -0.3 is 4.74 Å². The van der Waals surface area contributed by atoms with Gasteiger partial charge in [-0.3, -0.25) is 4.90 Å². The molecule has 1 aliphatic heterocycles. The van der Waals surface area contributed by atoms with Gasteiger partial charge in [-0.05, 0) is 23.3 Å². The molecule has 0 spiro atoms. The Balaban J connectivity index is 1.70. The highest BCUT2D eigenvalue weighted by Crippen LogP contribution is 2.34. The molecule has 2 atom stereocenters. The smallest absolute Gasteiger partial charge is 0.410 e. The maximum Gasteiger partial charge on any atom is 0.410 e. The first-order chi connectivity index (χ1) is 11.1. The Morgan fingerprint density at radius 3 is 2.70 bits per heavy atom. The van der Waals surface area contributed by atoms with Crippen molar-refractivity contribution in [3.05, 3.63) is 71.5 Å². The van der Waals surface area contributed by atoms with E-state index < -0.39 is 24.1 Å². The Bertz CT molecular complexity index is 678. The first-order valence-electron chi connectivity index (χ1n) is 7.50. The molecule has 1 amide bonds. The third-order valence-corrected chi connectivity index (χ3v) is 3.92. The Hall–Kier alpha value is -2.43. The van der Waals surface area contributed by atoms with E-state index in [2.05, 4.69) is 0 Å². The molecule has 1 saturated heterocycles. The van der Waals surface area contributed by atoms with Crippen LogP contribution in [-0.4, -0.2) is 23.7 Å². The standard InChI is InChI=1S/C18H17F2NO2/c19-15-8-4-7-14(9-15)17-10-16(20)11-21(17)18(22)23-12-13-5-2-1-3-6-13/h1-9,16-17H,10-12H2. The summed E-state index contributed by atoms with van der Waals surface area (Å²) in [6, 6.07) is 14.7. The molecule has 3 rings (SSSR count). The molecule has 23 heavy (non-hydrogen) atoms. The van der Waals surface area contributed by atoms with E-state index in [0.717, 1.165) is 5.56 Å². The van der Waals surface area contributed by atoms with Gasteiger partial charge in [0.25, 0.3) is 0 Å². The van der Waals surface area contributed by atoms with E-state index in [1.54, 1.807) is 12.1 Å². The van der Waals surface area contributed by atoms with Crippen molar-refractivity contribution >= 4 is 6.09 Å². The fraction of sp³-hybridized carbons (Fsp3) is 0.278. The van der Waals surface area contributed by atoms with Crippen LogP contribution in [0.2, 0.25) is 0 Å². The van der Waals surface area contributed by atoms with Gasteiger partial charge in [-0.2, -0.15) is 0 Å². The molecule has 0 radical (unpaired) electrons. The summed E-state index contributed by atoms with van der Waals surface area (Å²) >= 11 is 0. The quantitative estimate of drug-likeness (QED) is 0.847. The van der Waals surface area contributed by atoms with Crippen LogP contribution in [-0.2, 0) is 11.3 Å². The average Bonchev–Trinajstić information content (AvgIpc) is 2.96. The number of halogens is 2. The first-order valence-corrected chi connectivity index (χ1v) is 7.50. The number of nitrogens with zero attached hydrogens (tertiary/aromatic N) is 1. The van der Waals surface area contributed by atoms with Gasteiger partial charge in [-0.1, -0.05) is 42.5 Å². The lowest BCUT2D eigenvalue weighted by Crippen LogP contribution is -2.31. The normalized spacial score (nSPS) is 20.5. The fourth-order valence-electron chi connectivity index (χ4n) is 2.82. The van der Waals surface area contributed by atoms with Crippen LogP contribution in [0.1, 0.15) is 23.6 Å². The van der Waals surface area contributed by atoms with E-state index in [1.165, 1.54) is 17.0 Å². The van der Waals surface area contributed by atoms with Crippen molar-refractivity contribution in [3.63, 3.8) is 0 Å². The Kier molecular flexibility index (Phi) is 4.55. The summed E-state index contributed by atoms with van der Waals surface area (Å²) < 4.78 is 32.4. The number of amides is 1. The van der Waals surface area contributed by atoms with Crippen molar-refractivity contribution in [2.75, 3.05) is 6.54 Å². The van der Waals surface area contributed by atoms with Crippen LogP contribution in [0, 0.1) is 5.82 Å². The number of benzene rings is 2. The predicted octanol–water partition coefficient (Wildman–Crippen LogP) is 4.25. The molecule has 0 saturated carbocycles. The third kappa shape index (κ3) is 3.67. The molecule has 0 aliphatic carbocycles. The molecule has 1 aliphatic rings. The van der Waals surface area contributed by atoms with E-state index in [9.17, 15) is 13.6 Å². The van der Waals surface area contributed by atoms with E-state index in [0.29, 0.717) is 5.56 Å². The molecule has 5 heteroatoms. The van der Waals surface area contributed by atoms with Crippen molar-refractivity contribution < 1.29 is 18.3 Å². The predicted molar refractivity (Wildman–Crippen MR) is 82.0 cm³/mol. The Morgan fingerprint density at radius 2 is 1.96 bits per heavy atom. The number of carbonyl (C=O) groups excluding carboxylic acids is 1. The molecule has 1 fully saturated rings. The van der Waals surface area contributed by atoms with Gasteiger partial charge in [0.2, 0.25) is 0 Å². The molecule has 2 aromatic rings. The van der Waals surface area contributed by atoms with E-state index >= 15 is 0 Å². The van der Waals surface area contributed by atoms with E-state index in [-0.39, 0.29) is 19.6 Å². The van der Waals surface area contributed by atoms with Crippen LogP contribution in [0.25, 0.3) is 0 Å². The van der Waals surface area contributed by atoms with Gasteiger partial charge in [-0.15, -0.1) is 0 Å². The van der Waals surface area contributed by atoms with Crippen LogP contribution in [0.15, 0.2) is 54.6 Å². The number of rotatable bonds is 3. The highest BCUT2D eigenvalue weighted by Gasteiger charge is 2.37. The fourth-order valence-corrected chi connectivity index (χ4v) is 2.82. The molecule has 1 heterocycles. The molecule has 0 N–H and O–H groups in total. The Morgan fingerprint density at radius 1 is 1.17 bits per heavy atom. The van der Waals surface area contributed by atoms with Crippen LogP contribution >= 0.6 is 0 Å². The summed E-state index contributed by atoms with van der Waals surface area (Å²) in [6.07, 6.45) is -1.56. The first kappa shape index (κ1) is 15.5. The number of hydrogen-bond acceptors (Lipinski definition) is 2. The maximum absolute atomic E-state index is 13.8. The van der Waals surface area contributed by atoms with Gasteiger partial charge in [-0.25, -0.2) is 13.6 Å². The maximum atomic E-state index is 13.8. The minimum atomic E-state index is -1.13. The molecule has 0 bridgehead atoms. The van der Waals surface area contributed by atoms with Crippen molar-refractivity contribution in [2.24, 2.45) is 0 Å². The number of alkyl halides is 1. The molecular weight excluding hydrogens is 300 g/mol. The van der Waals surface area contributed by atoms with Crippen molar-refractivity contribution in [1.82, 2.24) is 4.90 Å². The summed E-state index contributed by atoms with van der Waals surface area (Å²) in [5.74, 6) is -0.401. The molecular formula is C18H17F2NO2. The molecule has 120 valence electrons. The highest BCUT2D eigenvalue weighted by molar-refractivity contribution is 5.69. The summed E-state index contributed by atoms with van der Waals surface area (Å²) in [5.41, 5.74) is 1.45. The van der Waals surface area contributed by atoms with Crippen LogP contribution in [0.4, 0.5) is 13.6 Å². The monoisotopic (exact) mass is 317 g/mol. The second-order valence-corrected chi connectivity index (χ2v) is 5.60. The summed E-state index contributed by atoms with van der Waals surface area (Å²) in [5, 5.41) is 0. The summed E-state index contributed by atoms with van der Waals surface area (Å²) in [6.45, 7) is 0.0950. The third-order valence-electron chi connectivity index (χ3n) is 3.92. The molecule has 2 aromatic carbocycles. The number of hydrogen-bond donors (Lipinski definition) is 0. The topological polar surface area (TPSA) is 29.5 Å². The lowest BCUT2D eigenvalue weighted by Gasteiger charge is -2.24. The minimum absolute atomic E-state index is 0.0329. The zero-order chi connectivity index (χ0) is 16.2. The minimum Gasteiger partial charge on any atom is -0.445 e. The SMILES string of the molecule is O=C(OCc1ccccc1)N1CC(F)CC1c1cccc(F)c1. The van der Waals surface area contributed by atoms with Crippen molar-refractivity contribution in [3.8, 4) is 0 Å². The highest BCUT2D eigenvalue weighted by atomic mass is 19.1. The molecule has 3 nitrogen and oxygen atoms in total. The number of likely N-dealkylation sites (tertiary alicyclic amines) is 1. The average molecular weight is 317 g/mol. The molecule has 0 aromatic heterocycles. The van der Waals surface area contributed by atoms with Gasteiger partial charge in [0.1, 0.15) is 18.6 Å². The lowest BCUT2D eigenvalue weighted by atomic mass is 10.0. The second-order valence-electron chi connectivity index (χ2n) is 5.60. The van der Waals surface area contributed by atoms with Gasteiger partial charge >= 0.3 is 6.09 Å². The summed E-state index contributed by atoms with van der Waals surface area (Å²) in [7, 11) is 0. The van der Waals surface area contributed by atoms with Crippen molar-refractivity contribution in [1.29, 1.82) is 0 Å². The van der Waals surface area contributed by atoms with Crippen LogP contribution in [0.3, 0.4) is 0 Å². The van der Waals surface area contributed by atoms with Gasteiger partial charge in [0, 0.05) is 6.42 Å². The largest absolute Gasteiger partial charge is 0.445 e. The zero-order valence-corrected chi connectivity index (χ0v) is 12.5. The van der Waals surface area contributed by atoms with Crippen LogP contribution < -0.4 is 0 Å².